The predicted molar refractivity (Wildman–Crippen MR) is 66.0 cm³/mol. The third-order valence-electron chi connectivity index (χ3n) is 3.27. The van der Waals surface area contributed by atoms with Crippen LogP contribution in [0.2, 0.25) is 0 Å². The summed E-state index contributed by atoms with van der Waals surface area (Å²) in [6, 6.07) is 6.57. The van der Waals surface area contributed by atoms with Crippen LogP contribution in [0.1, 0.15) is 23.7 Å². The van der Waals surface area contributed by atoms with E-state index in [0.29, 0.717) is 11.5 Å². The molecule has 1 aromatic rings. The number of rotatable bonds is 3. The van der Waals surface area contributed by atoms with Gasteiger partial charge in [-0.3, -0.25) is 4.79 Å². The topological polar surface area (TPSA) is 61.4 Å². The van der Waals surface area contributed by atoms with Crippen LogP contribution in [-0.4, -0.2) is 30.1 Å². The van der Waals surface area contributed by atoms with E-state index in [0.717, 1.165) is 19.5 Å². The van der Waals surface area contributed by atoms with Gasteiger partial charge in [0.05, 0.1) is 0 Å². The fourth-order valence-corrected chi connectivity index (χ4v) is 2.16. The number of phenolic OH excluding ortho intramolecular Hbond substituents is 1. The minimum atomic E-state index is -0.125. The Labute approximate surface area is 101 Å². The zero-order valence-corrected chi connectivity index (χ0v) is 9.94. The van der Waals surface area contributed by atoms with E-state index in [1.54, 1.807) is 18.2 Å². The number of hydrogen-bond acceptors (Lipinski definition) is 3. The Hall–Kier alpha value is -1.55. The van der Waals surface area contributed by atoms with E-state index in [4.69, 9.17) is 0 Å². The second-order valence-electron chi connectivity index (χ2n) is 4.57. The summed E-state index contributed by atoms with van der Waals surface area (Å²) in [5.74, 6) is 0.490. The van der Waals surface area contributed by atoms with Crippen molar-refractivity contribution in [3.8, 4) is 5.75 Å². The van der Waals surface area contributed by atoms with Gasteiger partial charge in [0, 0.05) is 11.6 Å². The van der Waals surface area contributed by atoms with Gasteiger partial charge in [-0.05, 0) is 50.6 Å². The van der Waals surface area contributed by atoms with Gasteiger partial charge >= 0.3 is 0 Å². The van der Waals surface area contributed by atoms with Crippen LogP contribution in [0.25, 0.3) is 0 Å². The number of carbonyl (C=O) groups excluding carboxylic acids is 1. The maximum Gasteiger partial charge on any atom is 0.251 e. The van der Waals surface area contributed by atoms with E-state index in [9.17, 15) is 9.90 Å². The molecule has 17 heavy (non-hydrogen) atoms. The quantitative estimate of drug-likeness (QED) is 0.734. The molecule has 1 saturated heterocycles. The smallest absolute Gasteiger partial charge is 0.251 e. The molecule has 0 spiro atoms. The molecular formula is C13H18N2O2. The first-order valence-corrected chi connectivity index (χ1v) is 5.97. The lowest BCUT2D eigenvalue weighted by Crippen LogP contribution is -2.38. The summed E-state index contributed by atoms with van der Waals surface area (Å²) < 4.78 is 0. The van der Waals surface area contributed by atoms with Crippen LogP contribution in [0.3, 0.4) is 0 Å². The number of aromatic hydroxyl groups is 1. The molecule has 0 saturated carbocycles. The van der Waals surface area contributed by atoms with Crippen molar-refractivity contribution < 1.29 is 9.90 Å². The van der Waals surface area contributed by atoms with E-state index in [1.165, 1.54) is 6.07 Å². The third kappa shape index (κ3) is 2.97. The summed E-state index contributed by atoms with van der Waals surface area (Å²) in [7, 11) is 0. The van der Waals surface area contributed by atoms with Crippen LogP contribution in [0.5, 0.6) is 5.75 Å². The van der Waals surface area contributed by atoms with Crippen molar-refractivity contribution in [2.75, 3.05) is 13.1 Å². The van der Waals surface area contributed by atoms with Gasteiger partial charge in [-0.1, -0.05) is 6.07 Å². The molecule has 0 bridgehead atoms. The molecule has 1 aromatic carbocycles. The molecule has 1 aliphatic rings. The summed E-state index contributed by atoms with van der Waals surface area (Å²) in [5.41, 5.74) is 0.503. The largest absolute Gasteiger partial charge is 0.508 e. The lowest BCUT2D eigenvalue weighted by atomic mass is 10.0. The molecule has 1 fully saturated rings. The van der Waals surface area contributed by atoms with Gasteiger partial charge in [0.2, 0.25) is 0 Å². The van der Waals surface area contributed by atoms with Gasteiger partial charge in [0.1, 0.15) is 5.75 Å². The Kier molecular flexibility index (Phi) is 3.64. The fourth-order valence-electron chi connectivity index (χ4n) is 2.16. The van der Waals surface area contributed by atoms with E-state index in [1.807, 2.05) is 6.92 Å². The number of amides is 1. The summed E-state index contributed by atoms with van der Waals surface area (Å²) in [6.45, 7) is 4.01. The average Bonchev–Trinajstić information content (AvgIpc) is 2.82. The average molecular weight is 234 g/mol. The molecule has 0 aliphatic carbocycles. The monoisotopic (exact) mass is 234 g/mol. The van der Waals surface area contributed by atoms with Crippen molar-refractivity contribution in [2.45, 2.75) is 19.4 Å². The summed E-state index contributed by atoms with van der Waals surface area (Å²) in [5, 5.41) is 15.6. The number of carbonyl (C=O) groups is 1. The Morgan fingerprint density at radius 2 is 2.41 bits per heavy atom. The fraction of sp³-hybridized carbons (Fsp3) is 0.462. The minimum absolute atomic E-state index is 0.118. The first-order chi connectivity index (χ1) is 8.16. The molecule has 0 aromatic heterocycles. The number of benzene rings is 1. The van der Waals surface area contributed by atoms with Crippen LogP contribution in [0.15, 0.2) is 24.3 Å². The van der Waals surface area contributed by atoms with Crippen LogP contribution in [0.4, 0.5) is 0 Å². The van der Waals surface area contributed by atoms with Crippen LogP contribution in [0, 0.1) is 5.92 Å². The second kappa shape index (κ2) is 5.19. The zero-order valence-electron chi connectivity index (χ0n) is 9.94. The standard InChI is InChI=1S/C13H18N2O2/c1-9(11-5-6-14-8-11)15-13(17)10-3-2-4-12(16)7-10/h2-4,7,9,11,14,16H,5-6,8H2,1H3,(H,15,17). The Balaban J connectivity index is 1.96. The molecule has 1 amide bonds. The SMILES string of the molecule is CC(NC(=O)c1cccc(O)c1)C1CCNC1. The van der Waals surface area contributed by atoms with Crippen molar-refractivity contribution in [1.82, 2.24) is 10.6 Å². The molecule has 1 heterocycles. The summed E-state index contributed by atoms with van der Waals surface area (Å²) in [4.78, 5) is 11.9. The highest BCUT2D eigenvalue weighted by Crippen LogP contribution is 2.14. The number of phenols is 1. The first kappa shape index (κ1) is 11.9. The van der Waals surface area contributed by atoms with Gasteiger partial charge in [0.15, 0.2) is 0 Å². The molecule has 0 radical (unpaired) electrons. The minimum Gasteiger partial charge on any atom is -0.508 e. The van der Waals surface area contributed by atoms with Crippen molar-refractivity contribution in [1.29, 1.82) is 0 Å². The lowest BCUT2D eigenvalue weighted by Gasteiger charge is -2.19. The highest BCUT2D eigenvalue weighted by Gasteiger charge is 2.22. The molecule has 2 rings (SSSR count). The zero-order chi connectivity index (χ0) is 12.3. The van der Waals surface area contributed by atoms with Crippen molar-refractivity contribution in [3.63, 3.8) is 0 Å². The van der Waals surface area contributed by atoms with Gasteiger partial charge in [0.25, 0.3) is 5.91 Å². The molecule has 4 nitrogen and oxygen atoms in total. The van der Waals surface area contributed by atoms with E-state index in [2.05, 4.69) is 10.6 Å². The van der Waals surface area contributed by atoms with Crippen molar-refractivity contribution in [3.05, 3.63) is 29.8 Å². The number of nitrogens with one attached hydrogen (secondary N) is 2. The van der Waals surface area contributed by atoms with Crippen LogP contribution >= 0.6 is 0 Å². The Bertz CT molecular complexity index is 400. The Morgan fingerprint density at radius 3 is 3.06 bits per heavy atom. The molecule has 2 unspecified atom stereocenters. The van der Waals surface area contributed by atoms with Crippen LogP contribution in [-0.2, 0) is 0 Å². The lowest BCUT2D eigenvalue weighted by molar-refractivity contribution is 0.0928. The van der Waals surface area contributed by atoms with Gasteiger partial charge in [-0.2, -0.15) is 0 Å². The third-order valence-corrected chi connectivity index (χ3v) is 3.27. The summed E-state index contributed by atoms with van der Waals surface area (Å²) >= 11 is 0. The number of hydrogen-bond donors (Lipinski definition) is 3. The molecular weight excluding hydrogens is 216 g/mol. The predicted octanol–water partition coefficient (Wildman–Crippen LogP) is 1.12. The van der Waals surface area contributed by atoms with E-state index < -0.39 is 0 Å². The molecule has 92 valence electrons. The van der Waals surface area contributed by atoms with Gasteiger partial charge in [-0.25, -0.2) is 0 Å². The Morgan fingerprint density at radius 1 is 1.59 bits per heavy atom. The highest BCUT2D eigenvalue weighted by molar-refractivity contribution is 5.94. The highest BCUT2D eigenvalue weighted by atomic mass is 16.3. The van der Waals surface area contributed by atoms with Gasteiger partial charge in [-0.15, -0.1) is 0 Å². The summed E-state index contributed by atoms with van der Waals surface area (Å²) in [6.07, 6.45) is 1.10. The molecule has 4 heteroatoms. The van der Waals surface area contributed by atoms with Gasteiger partial charge < -0.3 is 15.7 Å². The van der Waals surface area contributed by atoms with E-state index >= 15 is 0 Å². The normalized spacial score (nSPS) is 21.1. The van der Waals surface area contributed by atoms with Crippen molar-refractivity contribution in [2.24, 2.45) is 5.92 Å². The second-order valence-corrected chi connectivity index (χ2v) is 4.57. The van der Waals surface area contributed by atoms with Crippen LogP contribution < -0.4 is 10.6 Å². The van der Waals surface area contributed by atoms with Crippen molar-refractivity contribution >= 4 is 5.91 Å². The molecule has 2 atom stereocenters. The first-order valence-electron chi connectivity index (χ1n) is 5.97. The molecule has 3 N–H and O–H groups in total. The van der Waals surface area contributed by atoms with E-state index in [-0.39, 0.29) is 17.7 Å². The molecule has 1 aliphatic heterocycles. The maximum atomic E-state index is 11.9. The maximum absolute atomic E-state index is 11.9.